The second-order valence-electron chi connectivity index (χ2n) is 9.79. The van der Waals surface area contributed by atoms with E-state index in [1.54, 1.807) is 0 Å². The van der Waals surface area contributed by atoms with Crippen LogP contribution in [0.4, 0.5) is 0 Å². The Hall–Kier alpha value is -3.60. The van der Waals surface area contributed by atoms with Crippen molar-refractivity contribution in [1.82, 2.24) is 19.9 Å². The van der Waals surface area contributed by atoms with Gasteiger partial charge in [0.25, 0.3) is 0 Å². The lowest BCUT2D eigenvalue weighted by Gasteiger charge is -2.23. The summed E-state index contributed by atoms with van der Waals surface area (Å²) in [7, 11) is 0. The number of fused-ring (bicyclic) bond motifs is 2. The van der Waals surface area contributed by atoms with E-state index in [9.17, 15) is 0 Å². The van der Waals surface area contributed by atoms with E-state index in [0.29, 0.717) is 5.92 Å². The zero-order valence-corrected chi connectivity index (χ0v) is 20.6. The van der Waals surface area contributed by atoms with Gasteiger partial charge in [-0.2, -0.15) is 0 Å². The molecule has 0 saturated heterocycles. The lowest BCUT2D eigenvalue weighted by Crippen LogP contribution is -2.15. The zero-order valence-electron chi connectivity index (χ0n) is 20.6. The number of aromatic nitrogens is 4. The van der Waals surface area contributed by atoms with Crippen LogP contribution in [0.25, 0.3) is 33.5 Å². The number of hydrogen-bond acceptors (Lipinski definition) is 3. The normalized spacial score (nSPS) is 13.0. The molecule has 1 unspecified atom stereocenters. The number of nitrogens with zero attached hydrogens (tertiary/aromatic N) is 2. The number of rotatable bonds is 7. The molecule has 0 bridgehead atoms. The molecule has 3 aromatic carbocycles. The molecule has 34 heavy (non-hydrogen) atoms. The first-order valence-electron chi connectivity index (χ1n) is 12.1. The topological polar surface area (TPSA) is 66.6 Å². The first-order valence-corrected chi connectivity index (χ1v) is 12.1. The molecule has 1 atom stereocenters. The molecule has 2 heterocycles. The Labute approximate surface area is 200 Å². The van der Waals surface area contributed by atoms with Crippen molar-refractivity contribution in [3.05, 3.63) is 72.1 Å². The van der Waals surface area contributed by atoms with Crippen molar-refractivity contribution in [2.45, 2.75) is 58.8 Å². The number of H-pyrrole nitrogens is 2. The summed E-state index contributed by atoms with van der Waals surface area (Å²) < 4.78 is 6.18. The summed E-state index contributed by atoms with van der Waals surface area (Å²) in [6.45, 7) is 11.1. The fourth-order valence-corrected chi connectivity index (χ4v) is 4.11. The molecule has 0 aliphatic rings. The molecule has 5 nitrogen and oxygen atoms in total. The molecule has 0 spiro atoms. The van der Waals surface area contributed by atoms with Gasteiger partial charge in [-0.15, -0.1) is 0 Å². The molecule has 0 saturated carbocycles. The van der Waals surface area contributed by atoms with Gasteiger partial charge in [0.05, 0.1) is 22.1 Å². The Kier molecular flexibility index (Phi) is 5.64. The van der Waals surface area contributed by atoms with E-state index >= 15 is 0 Å². The number of hydrogen-bond donors (Lipinski definition) is 2. The summed E-state index contributed by atoms with van der Waals surface area (Å²) in [5.74, 6) is 3.81. The first-order chi connectivity index (χ1) is 16.4. The van der Waals surface area contributed by atoms with Crippen LogP contribution in [-0.2, 0) is 5.41 Å². The molecular formula is C29H32N4O. The van der Waals surface area contributed by atoms with Crippen LogP contribution in [0.5, 0.6) is 11.5 Å². The SMILES string of the molecule is CCC(C)c1nc2cc(Oc3ccc4[nH]c(-c5cccc(C(C)(C)CC)c5)nc4c3)ccc2[nH]1. The maximum Gasteiger partial charge on any atom is 0.138 e. The predicted octanol–water partition coefficient (Wildman–Crippen LogP) is 8.10. The Bertz CT molecular complexity index is 1460. The minimum Gasteiger partial charge on any atom is -0.457 e. The zero-order chi connectivity index (χ0) is 23.9. The monoisotopic (exact) mass is 452 g/mol. The average Bonchev–Trinajstić information content (AvgIpc) is 3.47. The second-order valence-corrected chi connectivity index (χ2v) is 9.79. The van der Waals surface area contributed by atoms with Gasteiger partial charge in [0.2, 0.25) is 0 Å². The third kappa shape index (κ3) is 4.18. The van der Waals surface area contributed by atoms with Crippen molar-refractivity contribution >= 4 is 22.1 Å². The van der Waals surface area contributed by atoms with Crippen molar-refractivity contribution in [3.63, 3.8) is 0 Å². The molecule has 0 aliphatic heterocycles. The Balaban J connectivity index is 1.42. The molecule has 0 radical (unpaired) electrons. The van der Waals surface area contributed by atoms with Crippen LogP contribution in [0.1, 0.15) is 64.8 Å². The van der Waals surface area contributed by atoms with Gasteiger partial charge in [-0.1, -0.05) is 52.8 Å². The number of benzene rings is 3. The quantitative estimate of drug-likeness (QED) is 0.262. The van der Waals surface area contributed by atoms with Crippen molar-refractivity contribution in [2.24, 2.45) is 0 Å². The first kappa shape index (κ1) is 22.2. The Morgan fingerprint density at radius 2 is 1.53 bits per heavy atom. The van der Waals surface area contributed by atoms with E-state index in [1.165, 1.54) is 5.56 Å². The summed E-state index contributed by atoms with van der Waals surface area (Å²) in [6, 6.07) is 20.6. The molecule has 0 aliphatic carbocycles. The van der Waals surface area contributed by atoms with Crippen molar-refractivity contribution in [1.29, 1.82) is 0 Å². The van der Waals surface area contributed by atoms with E-state index in [4.69, 9.17) is 14.7 Å². The summed E-state index contributed by atoms with van der Waals surface area (Å²) in [5.41, 5.74) is 6.37. The molecule has 0 fully saturated rings. The number of aromatic amines is 2. The Morgan fingerprint density at radius 1 is 0.853 bits per heavy atom. The van der Waals surface area contributed by atoms with E-state index in [0.717, 1.165) is 63.6 Å². The minimum absolute atomic E-state index is 0.133. The predicted molar refractivity (Wildman–Crippen MR) is 140 cm³/mol. The summed E-state index contributed by atoms with van der Waals surface area (Å²) in [4.78, 5) is 16.5. The van der Waals surface area contributed by atoms with E-state index < -0.39 is 0 Å². The van der Waals surface area contributed by atoms with Gasteiger partial charge in [0.15, 0.2) is 0 Å². The molecule has 5 heteroatoms. The smallest absolute Gasteiger partial charge is 0.138 e. The average molecular weight is 453 g/mol. The number of ether oxygens (including phenoxy) is 1. The van der Waals surface area contributed by atoms with Gasteiger partial charge < -0.3 is 14.7 Å². The van der Waals surface area contributed by atoms with Crippen molar-refractivity contribution in [2.75, 3.05) is 0 Å². The second kappa shape index (κ2) is 8.64. The molecule has 5 rings (SSSR count). The highest BCUT2D eigenvalue weighted by atomic mass is 16.5. The highest BCUT2D eigenvalue weighted by molar-refractivity contribution is 5.81. The molecule has 2 aromatic heterocycles. The largest absolute Gasteiger partial charge is 0.457 e. The lowest BCUT2D eigenvalue weighted by atomic mass is 9.81. The molecule has 174 valence electrons. The van der Waals surface area contributed by atoms with E-state index in [1.807, 2.05) is 36.4 Å². The van der Waals surface area contributed by atoms with Crippen LogP contribution < -0.4 is 4.74 Å². The van der Waals surface area contributed by atoms with Crippen LogP contribution in [-0.4, -0.2) is 19.9 Å². The van der Waals surface area contributed by atoms with Crippen LogP contribution in [0.3, 0.4) is 0 Å². The highest BCUT2D eigenvalue weighted by Crippen LogP contribution is 2.32. The van der Waals surface area contributed by atoms with Crippen molar-refractivity contribution in [3.8, 4) is 22.9 Å². The summed E-state index contributed by atoms with van der Waals surface area (Å²) in [5, 5.41) is 0. The fourth-order valence-electron chi connectivity index (χ4n) is 4.11. The van der Waals surface area contributed by atoms with Crippen molar-refractivity contribution < 1.29 is 4.74 Å². The van der Waals surface area contributed by atoms with E-state index in [-0.39, 0.29) is 5.41 Å². The van der Waals surface area contributed by atoms with Gasteiger partial charge in [0.1, 0.15) is 23.1 Å². The third-order valence-corrected chi connectivity index (χ3v) is 7.04. The molecule has 0 amide bonds. The maximum absolute atomic E-state index is 6.18. The van der Waals surface area contributed by atoms with Crippen LogP contribution in [0, 0.1) is 0 Å². The third-order valence-electron chi connectivity index (χ3n) is 7.04. The van der Waals surface area contributed by atoms with Gasteiger partial charge in [-0.25, -0.2) is 9.97 Å². The Morgan fingerprint density at radius 3 is 2.21 bits per heavy atom. The number of imidazole rings is 2. The van der Waals surface area contributed by atoms with Gasteiger partial charge in [-0.3, -0.25) is 0 Å². The fraction of sp³-hybridized carbons (Fsp3) is 0.310. The van der Waals surface area contributed by atoms with Crippen LogP contribution >= 0.6 is 0 Å². The molecule has 5 aromatic rings. The van der Waals surface area contributed by atoms with Crippen LogP contribution in [0.15, 0.2) is 60.7 Å². The minimum atomic E-state index is 0.133. The summed E-state index contributed by atoms with van der Waals surface area (Å²) >= 11 is 0. The lowest BCUT2D eigenvalue weighted by molar-refractivity contribution is 0.484. The molecular weight excluding hydrogens is 420 g/mol. The highest BCUT2D eigenvalue weighted by Gasteiger charge is 2.19. The number of nitrogens with one attached hydrogen (secondary N) is 2. The van der Waals surface area contributed by atoms with Gasteiger partial charge in [0, 0.05) is 23.6 Å². The standard InChI is InChI=1S/C29H32N4O/c1-6-18(3)27-30-23-13-11-21(16-25(23)32-27)34-22-12-14-24-26(17-22)33-28(31-24)19-9-8-10-20(15-19)29(4,5)7-2/h8-18H,6-7H2,1-5H3,(H,30,32)(H,31,33). The maximum atomic E-state index is 6.18. The van der Waals surface area contributed by atoms with Crippen LogP contribution in [0.2, 0.25) is 0 Å². The van der Waals surface area contributed by atoms with Gasteiger partial charge >= 0.3 is 0 Å². The summed E-state index contributed by atoms with van der Waals surface area (Å²) in [6.07, 6.45) is 2.13. The van der Waals surface area contributed by atoms with Gasteiger partial charge in [-0.05, 0) is 54.2 Å². The van der Waals surface area contributed by atoms with E-state index in [2.05, 4.69) is 68.9 Å². The molecule has 2 N–H and O–H groups in total.